The first-order valence-electron chi connectivity index (χ1n) is 12.5. The second-order valence-corrected chi connectivity index (χ2v) is 12.3. The van der Waals surface area contributed by atoms with Gasteiger partial charge in [-0.25, -0.2) is 13.2 Å². The molecule has 204 valence electrons. The highest BCUT2D eigenvalue weighted by molar-refractivity contribution is 7.89. The lowest BCUT2D eigenvalue weighted by Crippen LogP contribution is -2.36. The molecule has 0 fully saturated rings. The van der Waals surface area contributed by atoms with Crippen molar-refractivity contribution in [3.63, 3.8) is 0 Å². The number of nitrogens with two attached hydrogens (primary N) is 1. The van der Waals surface area contributed by atoms with E-state index < -0.39 is 27.9 Å². The lowest BCUT2D eigenvalue weighted by atomic mass is 10.0. The molecule has 2 aliphatic heterocycles. The smallest absolute Gasteiger partial charge is 0.410 e. The molecular weight excluding hydrogens is 540 g/mol. The Hall–Kier alpha value is -3.74. The maximum absolute atomic E-state index is 13.3. The number of primary amides is 1. The molecule has 0 aliphatic carbocycles. The van der Waals surface area contributed by atoms with Gasteiger partial charge >= 0.3 is 6.09 Å². The molecular formula is C27H28N4O6S2. The van der Waals surface area contributed by atoms with Crippen molar-refractivity contribution in [1.29, 1.82) is 0 Å². The molecule has 0 unspecified atom stereocenters. The molecule has 39 heavy (non-hydrogen) atoms. The molecule has 1 aromatic heterocycles. The van der Waals surface area contributed by atoms with Gasteiger partial charge in [0.05, 0.1) is 23.6 Å². The number of fused-ring (bicyclic) bond motifs is 2. The van der Waals surface area contributed by atoms with Gasteiger partial charge in [0, 0.05) is 30.1 Å². The molecule has 0 saturated carbocycles. The summed E-state index contributed by atoms with van der Waals surface area (Å²) in [5.41, 5.74) is 8.96. The van der Waals surface area contributed by atoms with Crippen LogP contribution in [0.15, 0.2) is 53.4 Å². The number of anilines is 1. The summed E-state index contributed by atoms with van der Waals surface area (Å²) in [6.07, 6.45) is 0.610. The lowest BCUT2D eigenvalue weighted by Gasteiger charge is -2.28. The predicted octanol–water partition coefficient (Wildman–Crippen LogP) is 3.36. The van der Waals surface area contributed by atoms with E-state index in [1.807, 2.05) is 24.3 Å². The van der Waals surface area contributed by atoms with Gasteiger partial charge in [-0.3, -0.25) is 9.59 Å². The van der Waals surface area contributed by atoms with Gasteiger partial charge < -0.3 is 20.7 Å². The summed E-state index contributed by atoms with van der Waals surface area (Å²) in [6.45, 7) is 3.29. The van der Waals surface area contributed by atoms with Crippen molar-refractivity contribution >= 4 is 44.3 Å². The number of ether oxygens (including phenoxy) is 1. The molecule has 2 aliphatic rings. The Morgan fingerprint density at radius 1 is 1.00 bits per heavy atom. The van der Waals surface area contributed by atoms with Crippen molar-refractivity contribution in [2.24, 2.45) is 5.73 Å². The number of hydrogen-bond donors (Lipinski definition) is 2. The number of nitrogens with one attached hydrogen (secondary N) is 1. The number of nitrogens with zero attached hydrogens (tertiary/aromatic N) is 2. The topological polar surface area (TPSA) is 139 Å². The highest BCUT2D eigenvalue weighted by Crippen LogP contribution is 2.37. The van der Waals surface area contributed by atoms with Crippen molar-refractivity contribution in [1.82, 2.24) is 9.21 Å². The standard InChI is InChI=1S/C27H28N4O6S2/c1-2-37-27(34)30-13-12-21-22(16-30)38-26(23(21)24(28)32)29-25(33)18-7-9-20(10-8-18)39(35,36)31-14-11-17-5-3-4-6-19(17)15-31/h3-10H,2,11-16H2,1H3,(H2,28,32)(H,29,33). The van der Waals surface area contributed by atoms with Gasteiger partial charge in [0.2, 0.25) is 10.0 Å². The second-order valence-electron chi connectivity index (χ2n) is 9.28. The Labute approximate surface area is 230 Å². The summed E-state index contributed by atoms with van der Waals surface area (Å²) >= 11 is 1.19. The van der Waals surface area contributed by atoms with Crippen molar-refractivity contribution in [2.45, 2.75) is 37.8 Å². The van der Waals surface area contributed by atoms with Crippen LogP contribution in [0.2, 0.25) is 0 Å². The minimum absolute atomic E-state index is 0.0990. The minimum atomic E-state index is -3.74. The predicted molar refractivity (Wildman–Crippen MR) is 146 cm³/mol. The normalized spacial score (nSPS) is 15.3. The van der Waals surface area contributed by atoms with E-state index in [1.165, 1.54) is 39.9 Å². The highest BCUT2D eigenvalue weighted by atomic mass is 32.2. The number of hydrogen-bond acceptors (Lipinski definition) is 7. The fourth-order valence-electron chi connectivity index (χ4n) is 4.90. The summed E-state index contributed by atoms with van der Waals surface area (Å²) in [6, 6.07) is 13.5. The van der Waals surface area contributed by atoms with E-state index in [-0.39, 0.29) is 29.2 Å². The van der Waals surface area contributed by atoms with Gasteiger partial charge in [-0.1, -0.05) is 24.3 Å². The molecule has 0 radical (unpaired) electrons. The van der Waals surface area contributed by atoms with Crippen molar-refractivity contribution in [3.8, 4) is 0 Å². The zero-order valence-corrected chi connectivity index (χ0v) is 22.9. The summed E-state index contributed by atoms with van der Waals surface area (Å²) < 4.78 is 33.0. The zero-order valence-electron chi connectivity index (χ0n) is 21.3. The molecule has 0 bridgehead atoms. The van der Waals surface area contributed by atoms with E-state index in [0.29, 0.717) is 43.0 Å². The fraction of sp³-hybridized carbons (Fsp3) is 0.296. The van der Waals surface area contributed by atoms with Gasteiger partial charge in [-0.05, 0) is 60.7 Å². The Kier molecular flexibility index (Phi) is 7.43. The molecule has 3 amide bonds. The Morgan fingerprint density at radius 2 is 1.72 bits per heavy atom. The van der Waals surface area contributed by atoms with Crippen LogP contribution in [0.3, 0.4) is 0 Å². The van der Waals surface area contributed by atoms with Gasteiger partial charge in [-0.15, -0.1) is 11.3 Å². The maximum atomic E-state index is 13.3. The minimum Gasteiger partial charge on any atom is -0.450 e. The molecule has 10 nitrogen and oxygen atoms in total. The number of amides is 3. The third-order valence-corrected chi connectivity index (χ3v) is 9.90. The first kappa shape index (κ1) is 26.9. The number of benzene rings is 2. The highest BCUT2D eigenvalue weighted by Gasteiger charge is 2.31. The third kappa shape index (κ3) is 5.27. The first-order chi connectivity index (χ1) is 18.7. The monoisotopic (exact) mass is 568 g/mol. The summed E-state index contributed by atoms with van der Waals surface area (Å²) in [5.74, 6) is -1.17. The van der Waals surface area contributed by atoms with E-state index in [0.717, 1.165) is 16.0 Å². The number of sulfonamides is 1. The van der Waals surface area contributed by atoms with Gasteiger partial charge in [0.1, 0.15) is 5.00 Å². The van der Waals surface area contributed by atoms with Gasteiger partial charge in [0.15, 0.2) is 0 Å². The molecule has 2 aromatic carbocycles. The van der Waals surface area contributed by atoms with Crippen LogP contribution in [0.1, 0.15) is 49.2 Å². The van der Waals surface area contributed by atoms with E-state index in [1.54, 1.807) is 11.8 Å². The van der Waals surface area contributed by atoms with Crippen LogP contribution >= 0.6 is 11.3 Å². The summed E-state index contributed by atoms with van der Waals surface area (Å²) in [5, 5.41) is 3.05. The maximum Gasteiger partial charge on any atom is 0.410 e. The molecule has 3 heterocycles. The van der Waals surface area contributed by atoms with Crippen LogP contribution in [-0.2, 0) is 40.7 Å². The Balaban J connectivity index is 1.32. The zero-order chi connectivity index (χ0) is 27.7. The number of carbonyl (C=O) groups excluding carboxylic acids is 3. The van der Waals surface area contributed by atoms with E-state index in [9.17, 15) is 22.8 Å². The molecule has 5 rings (SSSR count). The average molecular weight is 569 g/mol. The molecule has 3 aromatic rings. The van der Waals surface area contributed by atoms with E-state index in [2.05, 4.69) is 5.32 Å². The van der Waals surface area contributed by atoms with E-state index in [4.69, 9.17) is 10.5 Å². The van der Waals surface area contributed by atoms with Crippen LogP contribution < -0.4 is 11.1 Å². The van der Waals surface area contributed by atoms with Crippen LogP contribution in [0.5, 0.6) is 0 Å². The quantitative estimate of drug-likeness (QED) is 0.468. The average Bonchev–Trinajstić information content (AvgIpc) is 3.30. The number of rotatable bonds is 6. The number of carbonyl (C=O) groups is 3. The van der Waals surface area contributed by atoms with Crippen molar-refractivity contribution in [2.75, 3.05) is 25.0 Å². The fourth-order valence-corrected chi connectivity index (χ4v) is 7.58. The van der Waals surface area contributed by atoms with E-state index >= 15 is 0 Å². The van der Waals surface area contributed by atoms with Crippen LogP contribution in [-0.4, -0.2) is 55.2 Å². The van der Waals surface area contributed by atoms with Gasteiger partial charge in [0.25, 0.3) is 11.8 Å². The Morgan fingerprint density at radius 3 is 2.41 bits per heavy atom. The molecule has 0 atom stereocenters. The summed E-state index contributed by atoms with van der Waals surface area (Å²) in [7, 11) is -3.74. The lowest BCUT2D eigenvalue weighted by molar-refractivity contribution is 0.0997. The largest absolute Gasteiger partial charge is 0.450 e. The first-order valence-corrected chi connectivity index (χ1v) is 14.8. The third-order valence-electron chi connectivity index (χ3n) is 6.91. The molecule has 0 saturated heterocycles. The Bertz CT molecular complexity index is 1550. The van der Waals surface area contributed by atoms with Gasteiger partial charge in [-0.2, -0.15) is 4.31 Å². The molecule has 12 heteroatoms. The van der Waals surface area contributed by atoms with Crippen LogP contribution in [0.25, 0.3) is 0 Å². The molecule has 3 N–H and O–H groups in total. The SMILES string of the molecule is CCOC(=O)N1CCc2c(sc(NC(=O)c3ccc(S(=O)(=O)N4CCc5ccccc5C4)cc3)c2C(N)=O)C1. The number of thiophene rings is 1. The van der Waals surface area contributed by atoms with Crippen molar-refractivity contribution in [3.05, 3.63) is 81.2 Å². The summed E-state index contributed by atoms with van der Waals surface area (Å²) in [4.78, 5) is 39.9. The molecule has 0 spiro atoms. The second kappa shape index (κ2) is 10.8. The van der Waals surface area contributed by atoms with Crippen molar-refractivity contribution < 1.29 is 27.5 Å². The van der Waals surface area contributed by atoms with Crippen LogP contribution in [0.4, 0.5) is 9.80 Å². The van der Waals surface area contributed by atoms with Crippen LogP contribution in [0, 0.1) is 0 Å².